The topological polar surface area (TPSA) is 75.3 Å². The minimum Gasteiger partial charge on any atom is -0.493 e. The Bertz CT molecular complexity index is 853. The Hall–Kier alpha value is -3.09. The van der Waals surface area contributed by atoms with Gasteiger partial charge in [0.05, 0.1) is 41.1 Å². The minimum atomic E-state index is -0.170. The van der Waals surface area contributed by atoms with Crippen LogP contribution in [0, 0.1) is 5.92 Å². The molecular formula is C22H27NO6. The lowest BCUT2D eigenvalue weighted by atomic mass is 9.86. The molecule has 7 nitrogen and oxygen atoms in total. The zero-order valence-electron chi connectivity index (χ0n) is 17.2. The van der Waals surface area contributed by atoms with Crippen molar-refractivity contribution in [3.05, 3.63) is 41.5 Å². The van der Waals surface area contributed by atoms with E-state index in [1.807, 2.05) is 30.3 Å². The summed E-state index contributed by atoms with van der Waals surface area (Å²) < 4.78 is 27.6. The molecule has 2 aromatic carbocycles. The third-order valence-electron chi connectivity index (χ3n) is 5.28. The van der Waals surface area contributed by atoms with Gasteiger partial charge in [-0.3, -0.25) is 4.79 Å². The molecule has 0 radical (unpaired) electrons. The molecule has 0 saturated carbocycles. The molecule has 0 saturated heterocycles. The van der Waals surface area contributed by atoms with E-state index in [4.69, 9.17) is 23.7 Å². The van der Waals surface area contributed by atoms with Crippen LogP contribution in [-0.4, -0.2) is 41.5 Å². The molecule has 3 rings (SSSR count). The predicted molar refractivity (Wildman–Crippen MR) is 108 cm³/mol. The maximum Gasteiger partial charge on any atom is 0.207 e. The first kappa shape index (κ1) is 20.6. The molecule has 1 aliphatic rings. The smallest absolute Gasteiger partial charge is 0.207 e. The molecule has 2 aromatic rings. The number of hydrogen-bond donors (Lipinski definition) is 1. The fourth-order valence-corrected chi connectivity index (χ4v) is 3.79. The number of nitrogens with one attached hydrogen (secondary N) is 1. The van der Waals surface area contributed by atoms with E-state index < -0.39 is 0 Å². The number of fused-ring (bicyclic) bond motifs is 1. The summed E-state index contributed by atoms with van der Waals surface area (Å²) in [6, 6.07) is 9.48. The summed E-state index contributed by atoms with van der Waals surface area (Å²) in [7, 11) is 6.40. The van der Waals surface area contributed by atoms with E-state index in [9.17, 15) is 4.79 Å². The third-order valence-corrected chi connectivity index (χ3v) is 5.28. The Kier molecular flexibility index (Phi) is 6.69. The lowest BCUT2D eigenvalue weighted by Gasteiger charge is -2.34. The van der Waals surface area contributed by atoms with E-state index >= 15 is 0 Å². The Morgan fingerprint density at radius 3 is 2.38 bits per heavy atom. The number of carbonyl (C=O) groups excluding carboxylic acids is 1. The fraction of sp³-hybridized carbons (Fsp3) is 0.409. The Labute approximate surface area is 170 Å². The van der Waals surface area contributed by atoms with Crippen LogP contribution in [0.4, 0.5) is 0 Å². The number of aryl methyl sites for hydroxylation is 1. The molecule has 156 valence electrons. The van der Waals surface area contributed by atoms with Gasteiger partial charge in [0.2, 0.25) is 12.2 Å². The number of amides is 1. The molecule has 2 unspecified atom stereocenters. The quantitative estimate of drug-likeness (QED) is 0.651. The highest BCUT2D eigenvalue weighted by Gasteiger charge is 2.33. The summed E-state index contributed by atoms with van der Waals surface area (Å²) in [6.45, 7) is 0.468. The van der Waals surface area contributed by atoms with Gasteiger partial charge in [-0.1, -0.05) is 6.07 Å². The Morgan fingerprint density at radius 2 is 1.72 bits per heavy atom. The average molecular weight is 401 g/mol. The summed E-state index contributed by atoms with van der Waals surface area (Å²) in [5, 5.41) is 2.95. The van der Waals surface area contributed by atoms with E-state index in [0.29, 0.717) is 35.4 Å². The van der Waals surface area contributed by atoms with E-state index in [-0.39, 0.29) is 12.0 Å². The molecule has 1 aliphatic heterocycles. The molecular weight excluding hydrogens is 374 g/mol. The van der Waals surface area contributed by atoms with Crippen LogP contribution in [0.25, 0.3) is 0 Å². The van der Waals surface area contributed by atoms with Crippen molar-refractivity contribution < 1.29 is 28.5 Å². The zero-order valence-corrected chi connectivity index (χ0v) is 17.2. The minimum absolute atomic E-state index is 0.110. The van der Waals surface area contributed by atoms with Crippen LogP contribution in [0.5, 0.6) is 28.7 Å². The molecule has 0 aromatic heterocycles. The molecule has 2 atom stereocenters. The molecule has 0 bridgehead atoms. The van der Waals surface area contributed by atoms with E-state index in [2.05, 4.69) is 5.32 Å². The molecule has 0 aliphatic carbocycles. The zero-order chi connectivity index (χ0) is 20.8. The van der Waals surface area contributed by atoms with Crippen molar-refractivity contribution in [2.24, 2.45) is 5.92 Å². The van der Waals surface area contributed by atoms with E-state index in [1.54, 1.807) is 28.4 Å². The van der Waals surface area contributed by atoms with Crippen molar-refractivity contribution in [3.8, 4) is 28.7 Å². The molecule has 0 fully saturated rings. The van der Waals surface area contributed by atoms with Crippen LogP contribution in [0.1, 0.15) is 23.6 Å². The van der Waals surface area contributed by atoms with Crippen LogP contribution in [-0.2, 0) is 11.2 Å². The van der Waals surface area contributed by atoms with Gasteiger partial charge in [-0.25, -0.2) is 0 Å². The van der Waals surface area contributed by atoms with Crippen molar-refractivity contribution >= 4 is 6.41 Å². The molecule has 1 amide bonds. The fourth-order valence-electron chi connectivity index (χ4n) is 3.79. The van der Waals surface area contributed by atoms with Gasteiger partial charge in [-0.15, -0.1) is 0 Å². The van der Waals surface area contributed by atoms with Crippen molar-refractivity contribution in [2.45, 2.75) is 18.9 Å². The van der Waals surface area contributed by atoms with Gasteiger partial charge in [0.1, 0.15) is 0 Å². The van der Waals surface area contributed by atoms with Crippen LogP contribution < -0.4 is 29.0 Å². The van der Waals surface area contributed by atoms with Crippen LogP contribution in [0.2, 0.25) is 0 Å². The molecule has 1 N–H and O–H groups in total. The first-order chi connectivity index (χ1) is 14.2. The normalized spacial score (nSPS) is 17.5. The van der Waals surface area contributed by atoms with Gasteiger partial charge < -0.3 is 29.0 Å². The molecule has 29 heavy (non-hydrogen) atoms. The maximum absolute atomic E-state index is 11.3. The SMILES string of the molecule is COc1ccc(CCC2COc3c(ccc(OC)c3OC)C2NC=O)cc1OC. The number of carbonyl (C=O) groups is 1. The van der Waals surface area contributed by atoms with Crippen molar-refractivity contribution in [3.63, 3.8) is 0 Å². The number of methoxy groups -OCH3 is 4. The van der Waals surface area contributed by atoms with Gasteiger partial charge >= 0.3 is 0 Å². The number of rotatable bonds is 9. The van der Waals surface area contributed by atoms with Gasteiger partial charge in [-0.05, 0) is 42.7 Å². The van der Waals surface area contributed by atoms with Crippen molar-refractivity contribution in [1.82, 2.24) is 5.32 Å². The highest BCUT2D eigenvalue weighted by Crippen LogP contribution is 2.47. The van der Waals surface area contributed by atoms with Gasteiger partial charge in [0.25, 0.3) is 0 Å². The van der Waals surface area contributed by atoms with Gasteiger partial charge in [0, 0.05) is 11.5 Å². The molecule has 7 heteroatoms. The standard InChI is InChI=1S/C22H27NO6/c1-25-17-9-6-14(11-19(17)27-3)5-7-15-12-29-21-16(20(15)23-13-24)8-10-18(26-2)22(21)28-4/h6,8-11,13,15,20H,5,7,12H2,1-4H3,(H,23,24). The highest BCUT2D eigenvalue weighted by molar-refractivity contribution is 5.59. The molecule has 0 spiro atoms. The first-order valence-electron chi connectivity index (χ1n) is 9.45. The number of hydrogen-bond acceptors (Lipinski definition) is 6. The van der Waals surface area contributed by atoms with E-state index in [0.717, 1.165) is 30.4 Å². The van der Waals surface area contributed by atoms with Crippen LogP contribution in [0.3, 0.4) is 0 Å². The summed E-state index contributed by atoms with van der Waals surface area (Å²) in [6.07, 6.45) is 2.38. The Morgan fingerprint density at radius 1 is 1.00 bits per heavy atom. The van der Waals surface area contributed by atoms with Crippen LogP contribution in [0.15, 0.2) is 30.3 Å². The maximum atomic E-state index is 11.3. The van der Waals surface area contributed by atoms with Gasteiger partial charge in [-0.2, -0.15) is 0 Å². The largest absolute Gasteiger partial charge is 0.493 e. The van der Waals surface area contributed by atoms with Gasteiger partial charge in [0.15, 0.2) is 23.0 Å². The number of ether oxygens (including phenoxy) is 5. The lowest BCUT2D eigenvalue weighted by Crippen LogP contribution is -2.35. The van der Waals surface area contributed by atoms with Crippen LogP contribution >= 0.6 is 0 Å². The lowest BCUT2D eigenvalue weighted by molar-refractivity contribution is -0.110. The second-order valence-corrected chi connectivity index (χ2v) is 6.78. The second kappa shape index (κ2) is 9.41. The first-order valence-corrected chi connectivity index (χ1v) is 9.45. The predicted octanol–water partition coefficient (Wildman–Crippen LogP) is 3.15. The third kappa shape index (κ3) is 4.18. The van der Waals surface area contributed by atoms with E-state index in [1.165, 1.54) is 0 Å². The number of benzene rings is 2. The highest BCUT2D eigenvalue weighted by atomic mass is 16.5. The monoisotopic (exact) mass is 401 g/mol. The van der Waals surface area contributed by atoms with Crippen molar-refractivity contribution in [2.75, 3.05) is 35.0 Å². The molecule has 1 heterocycles. The Balaban J connectivity index is 1.81. The summed E-state index contributed by atoms with van der Waals surface area (Å²) >= 11 is 0. The summed E-state index contributed by atoms with van der Waals surface area (Å²) in [5.74, 6) is 3.27. The summed E-state index contributed by atoms with van der Waals surface area (Å²) in [4.78, 5) is 11.3. The average Bonchev–Trinajstić information content (AvgIpc) is 2.77. The van der Waals surface area contributed by atoms with Crippen molar-refractivity contribution in [1.29, 1.82) is 0 Å². The summed E-state index contributed by atoms with van der Waals surface area (Å²) in [5.41, 5.74) is 2.02. The second-order valence-electron chi connectivity index (χ2n) is 6.78.